The molecule has 4 rings (SSSR count). The average Bonchev–Trinajstić information content (AvgIpc) is 2.33. The first-order valence-electron chi connectivity index (χ1n) is 7.58. The Morgan fingerprint density at radius 3 is 1.58 bits per heavy atom. The van der Waals surface area contributed by atoms with Gasteiger partial charge in [0.25, 0.3) is 10.0 Å². The molecular weight excluding hydrogens is 364 g/mol. The van der Waals surface area contributed by atoms with E-state index in [1.54, 1.807) is 4.72 Å². The zero-order valence-corrected chi connectivity index (χ0v) is 13.2. The van der Waals surface area contributed by atoms with Crippen molar-refractivity contribution < 1.29 is 39.9 Å². The van der Waals surface area contributed by atoms with Crippen LogP contribution in [0.4, 0.5) is 26.3 Å². The molecule has 0 aromatic heterocycles. The molecule has 0 amide bonds. The van der Waals surface area contributed by atoms with Crippen LogP contribution in [0.2, 0.25) is 0 Å². The molecule has 4 bridgehead atoms. The average molecular weight is 381 g/mol. The number of aliphatic hydroxyl groups is 1. The monoisotopic (exact) mass is 381 g/mol. The Labute approximate surface area is 134 Å². The van der Waals surface area contributed by atoms with Crippen molar-refractivity contribution in [2.24, 2.45) is 17.8 Å². The zero-order valence-electron chi connectivity index (χ0n) is 12.4. The van der Waals surface area contributed by atoms with Gasteiger partial charge in [-0.2, -0.15) is 26.3 Å². The van der Waals surface area contributed by atoms with Crippen LogP contribution in [0.1, 0.15) is 38.5 Å². The van der Waals surface area contributed by atoms with E-state index in [4.69, 9.17) is 5.11 Å². The van der Waals surface area contributed by atoms with Gasteiger partial charge in [-0.15, -0.1) is 0 Å². The Morgan fingerprint density at radius 1 is 0.875 bits per heavy atom. The fourth-order valence-electron chi connectivity index (χ4n) is 4.93. The first kappa shape index (κ1) is 18.2. The van der Waals surface area contributed by atoms with Crippen molar-refractivity contribution in [1.82, 2.24) is 4.72 Å². The molecule has 4 fully saturated rings. The van der Waals surface area contributed by atoms with E-state index in [1.165, 1.54) is 0 Å². The normalized spacial score (nSPS) is 37.0. The lowest BCUT2D eigenvalue weighted by molar-refractivity contribution is -0.365. The van der Waals surface area contributed by atoms with E-state index in [0.29, 0.717) is 0 Å². The molecule has 4 nitrogen and oxygen atoms in total. The van der Waals surface area contributed by atoms with Gasteiger partial charge in [0.05, 0.1) is 0 Å². The predicted octanol–water partition coefficient (Wildman–Crippen LogP) is 2.69. The summed E-state index contributed by atoms with van der Waals surface area (Å²) in [6, 6.07) is 0. The number of alkyl halides is 6. The zero-order chi connectivity index (χ0) is 18.2. The van der Waals surface area contributed by atoms with Crippen molar-refractivity contribution in [3.63, 3.8) is 0 Å². The van der Waals surface area contributed by atoms with Gasteiger partial charge < -0.3 is 5.11 Å². The van der Waals surface area contributed by atoms with Crippen LogP contribution in [0.5, 0.6) is 0 Å². The second kappa shape index (κ2) is 5.00. The Balaban J connectivity index is 1.89. The molecule has 0 aromatic carbocycles. The standard InChI is InChI=1S/C13H17F6NO3S/c14-11(15,12(16,17)21)13(18,19)24(22,23)20-10-4-7-1-8(5-10)3-9(2-7)6-10/h7-9,20-21H,1-6H2. The van der Waals surface area contributed by atoms with E-state index >= 15 is 0 Å². The third-order valence-electron chi connectivity index (χ3n) is 5.47. The van der Waals surface area contributed by atoms with E-state index in [-0.39, 0.29) is 37.0 Å². The summed E-state index contributed by atoms with van der Waals surface area (Å²) in [5.74, 6) is -6.10. The molecule has 24 heavy (non-hydrogen) atoms. The lowest BCUT2D eigenvalue weighted by Gasteiger charge is -2.56. The van der Waals surface area contributed by atoms with Crippen molar-refractivity contribution >= 4 is 10.0 Å². The fraction of sp³-hybridized carbons (Fsp3) is 1.00. The Hall–Kier alpha value is -0.550. The number of hydrogen-bond donors (Lipinski definition) is 2. The van der Waals surface area contributed by atoms with Crippen LogP contribution in [0.25, 0.3) is 0 Å². The minimum Gasteiger partial charge on any atom is -0.331 e. The Kier molecular flexibility index (Phi) is 3.80. The maximum atomic E-state index is 13.7. The lowest BCUT2D eigenvalue weighted by atomic mass is 9.53. The van der Waals surface area contributed by atoms with Crippen molar-refractivity contribution in [2.75, 3.05) is 0 Å². The summed E-state index contributed by atoms with van der Waals surface area (Å²) in [4.78, 5) is 0. The van der Waals surface area contributed by atoms with E-state index in [0.717, 1.165) is 19.3 Å². The molecule has 2 N–H and O–H groups in total. The highest BCUT2D eigenvalue weighted by atomic mass is 32.2. The van der Waals surface area contributed by atoms with Gasteiger partial charge in [-0.05, 0) is 56.3 Å². The summed E-state index contributed by atoms with van der Waals surface area (Å²) in [6.45, 7) is 0. The molecule has 0 heterocycles. The maximum absolute atomic E-state index is 13.7. The molecule has 140 valence electrons. The van der Waals surface area contributed by atoms with Crippen molar-refractivity contribution in [1.29, 1.82) is 0 Å². The van der Waals surface area contributed by atoms with Crippen LogP contribution >= 0.6 is 0 Å². The first-order valence-corrected chi connectivity index (χ1v) is 9.07. The molecule has 4 saturated carbocycles. The number of rotatable bonds is 5. The molecule has 4 aliphatic rings. The van der Waals surface area contributed by atoms with Crippen LogP contribution in [-0.2, 0) is 10.0 Å². The van der Waals surface area contributed by atoms with Crippen LogP contribution in [0.3, 0.4) is 0 Å². The van der Waals surface area contributed by atoms with Gasteiger partial charge in [0.15, 0.2) is 0 Å². The second-order valence-electron chi connectivity index (χ2n) is 7.44. The van der Waals surface area contributed by atoms with E-state index in [1.807, 2.05) is 0 Å². The van der Waals surface area contributed by atoms with Crippen LogP contribution in [-0.4, -0.2) is 36.3 Å². The van der Waals surface area contributed by atoms with Crippen LogP contribution < -0.4 is 4.72 Å². The Bertz CT molecular complexity index is 595. The second-order valence-corrected chi connectivity index (χ2v) is 9.16. The molecule has 0 aliphatic heterocycles. The largest absolute Gasteiger partial charge is 0.429 e. The molecule has 0 spiro atoms. The minimum atomic E-state index is -6.45. The number of hydrogen-bond acceptors (Lipinski definition) is 3. The molecule has 0 atom stereocenters. The number of nitrogens with one attached hydrogen (secondary N) is 1. The van der Waals surface area contributed by atoms with Gasteiger partial charge in [0.1, 0.15) is 0 Å². The quantitative estimate of drug-likeness (QED) is 0.720. The smallest absolute Gasteiger partial charge is 0.331 e. The summed E-state index contributed by atoms with van der Waals surface area (Å²) >= 11 is 0. The number of sulfonamides is 1. The van der Waals surface area contributed by atoms with Gasteiger partial charge in [-0.25, -0.2) is 13.1 Å². The summed E-state index contributed by atoms with van der Waals surface area (Å²) in [5, 5.41) is 1.87. The summed E-state index contributed by atoms with van der Waals surface area (Å²) in [6.07, 6.45) is -2.97. The lowest BCUT2D eigenvalue weighted by Crippen LogP contribution is -2.66. The molecule has 0 saturated heterocycles. The van der Waals surface area contributed by atoms with E-state index in [2.05, 4.69) is 0 Å². The molecular formula is C13H17F6NO3S. The highest BCUT2D eigenvalue weighted by molar-refractivity contribution is 7.90. The van der Waals surface area contributed by atoms with E-state index < -0.39 is 32.8 Å². The topological polar surface area (TPSA) is 66.4 Å². The SMILES string of the molecule is O=S(=O)(NC12CC3CC(CC(C3)C1)C2)C(F)(F)C(F)(F)C(O)(F)F. The van der Waals surface area contributed by atoms with Gasteiger partial charge in [-0.1, -0.05) is 0 Å². The summed E-state index contributed by atoms with van der Waals surface area (Å²) in [5.41, 5.74) is -1.29. The molecule has 0 aromatic rings. The maximum Gasteiger partial charge on any atom is 0.429 e. The van der Waals surface area contributed by atoms with Crippen LogP contribution in [0.15, 0.2) is 0 Å². The highest BCUT2D eigenvalue weighted by Crippen LogP contribution is 2.56. The highest BCUT2D eigenvalue weighted by Gasteiger charge is 2.78. The van der Waals surface area contributed by atoms with Gasteiger partial charge >= 0.3 is 17.3 Å². The van der Waals surface area contributed by atoms with Crippen molar-refractivity contribution in [3.8, 4) is 0 Å². The minimum absolute atomic E-state index is 0.118. The van der Waals surface area contributed by atoms with Crippen molar-refractivity contribution in [3.05, 3.63) is 0 Å². The Morgan fingerprint density at radius 2 is 1.25 bits per heavy atom. The van der Waals surface area contributed by atoms with Crippen LogP contribution in [0, 0.1) is 17.8 Å². The molecule has 4 aliphatic carbocycles. The van der Waals surface area contributed by atoms with Crippen molar-refractivity contribution in [2.45, 2.75) is 61.3 Å². The molecule has 0 unspecified atom stereocenters. The predicted molar refractivity (Wildman–Crippen MR) is 70.0 cm³/mol. The third-order valence-corrected chi connectivity index (χ3v) is 7.10. The summed E-state index contributed by atoms with van der Waals surface area (Å²) < 4.78 is 104. The number of halogens is 6. The third kappa shape index (κ3) is 2.54. The van der Waals surface area contributed by atoms with Gasteiger partial charge in [0.2, 0.25) is 0 Å². The fourth-order valence-corrected chi connectivity index (χ4v) is 6.34. The molecule has 0 radical (unpaired) electrons. The van der Waals surface area contributed by atoms with Gasteiger partial charge in [0, 0.05) is 5.54 Å². The summed E-state index contributed by atoms with van der Waals surface area (Å²) in [7, 11) is -6.14. The van der Waals surface area contributed by atoms with E-state index in [9.17, 15) is 34.8 Å². The molecule has 11 heteroatoms. The van der Waals surface area contributed by atoms with Gasteiger partial charge in [-0.3, -0.25) is 0 Å². The first-order chi connectivity index (χ1) is 10.7.